The Labute approximate surface area is 147 Å². The van der Waals surface area contributed by atoms with E-state index in [1.54, 1.807) is 0 Å². The largest absolute Gasteiger partial charge is 0.673 e. The molecule has 0 aromatic heterocycles. The second kappa shape index (κ2) is 14.7. The van der Waals surface area contributed by atoms with Crippen molar-refractivity contribution in [3.8, 4) is 0 Å². The van der Waals surface area contributed by atoms with Crippen LogP contribution in [-0.4, -0.2) is 24.2 Å². The molecule has 0 saturated heterocycles. The van der Waals surface area contributed by atoms with Gasteiger partial charge in [0.2, 0.25) is 0 Å². The Morgan fingerprint density at radius 3 is 0.773 bits per heavy atom. The van der Waals surface area contributed by atoms with E-state index < -0.39 is 7.25 Å². The van der Waals surface area contributed by atoms with Gasteiger partial charge in [-0.25, -0.2) is 0 Å². The third-order valence-corrected chi connectivity index (χ3v) is 6.03. The van der Waals surface area contributed by atoms with Crippen molar-refractivity contribution in [1.29, 1.82) is 0 Å². The molecule has 0 aliphatic carbocycles. The molecule has 0 aliphatic rings. The van der Waals surface area contributed by atoms with Crippen molar-refractivity contribution in [2.24, 2.45) is 0 Å². The molecule has 0 saturated carbocycles. The van der Waals surface area contributed by atoms with E-state index in [0.717, 1.165) is 17.0 Å². The predicted molar refractivity (Wildman–Crippen MR) is 89.0 cm³/mol. The van der Waals surface area contributed by atoms with Gasteiger partial charge in [-0.1, -0.05) is 85.9 Å². The van der Waals surface area contributed by atoms with Gasteiger partial charge in [-0.2, -0.15) is 0 Å². The van der Waals surface area contributed by atoms with Crippen LogP contribution in [0.4, 0.5) is 17.3 Å². The Balaban J connectivity index is -0.000000258. The zero-order valence-corrected chi connectivity index (χ0v) is 17.4. The first kappa shape index (κ1) is 27.0. The van der Waals surface area contributed by atoms with Crippen LogP contribution in [0.2, 0.25) is 0 Å². The molecule has 22 heavy (non-hydrogen) atoms. The molecular formula is C15H27BF4IrP-. The van der Waals surface area contributed by atoms with Crippen LogP contribution in [0.1, 0.15) is 41.5 Å². The fourth-order valence-electron chi connectivity index (χ4n) is 2.17. The fourth-order valence-corrected chi connectivity index (χ4v) is 5.75. The number of rotatable bonds is 3. The molecule has 0 aliphatic heterocycles. The standard InChI is InChI=1S/C9H21P.C6H6.BF4.Ir/c1-7(2)10(8(3)4)9(5)6;1-2-4-6-5-3-1;2-1(3,4)5;/h7-9H,1-6H3;1-6H;;/q;;-1;. The zero-order valence-electron chi connectivity index (χ0n) is 14.1. The fraction of sp³-hybridized carbons (Fsp3) is 0.600. The van der Waals surface area contributed by atoms with Crippen molar-refractivity contribution in [2.45, 2.75) is 58.5 Å². The molecule has 0 unspecified atom stereocenters. The molecular weight excluding hydrogens is 490 g/mol. The molecule has 0 fully saturated rings. The Hall–Kier alpha value is 0.0843. The van der Waals surface area contributed by atoms with Crippen LogP contribution < -0.4 is 0 Å². The average Bonchev–Trinajstić information content (AvgIpc) is 2.27. The van der Waals surface area contributed by atoms with E-state index in [4.69, 9.17) is 0 Å². The van der Waals surface area contributed by atoms with Crippen molar-refractivity contribution < 1.29 is 37.4 Å². The van der Waals surface area contributed by atoms with Gasteiger partial charge in [-0.05, 0) is 17.0 Å². The molecule has 133 valence electrons. The summed E-state index contributed by atoms with van der Waals surface area (Å²) in [6.07, 6.45) is 0. The van der Waals surface area contributed by atoms with E-state index in [-0.39, 0.29) is 28.0 Å². The molecule has 1 radical (unpaired) electrons. The first-order valence-electron chi connectivity index (χ1n) is 7.11. The number of hydrogen-bond acceptors (Lipinski definition) is 0. The first-order chi connectivity index (χ1) is 9.46. The SMILES string of the molecule is CC(C)P(C(C)C)C(C)C.F[B-](F)(F)F.[Ir].c1ccccc1. The summed E-state index contributed by atoms with van der Waals surface area (Å²) in [5.74, 6) is 0. The maximum atomic E-state index is 9.75. The Kier molecular flexibility index (Phi) is 18.0. The molecule has 0 N–H and O–H groups in total. The van der Waals surface area contributed by atoms with E-state index in [0.29, 0.717) is 0 Å². The zero-order chi connectivity index (χ0) is 17.1. The summed E-state index contributed by atoms with van der Waals surface area (Å²) in [4.78, 5) is 0. The summed E-state index contributed by atoms with van der Waals surface area (Å²) in [6.45, 7) is 14.1. The molecule has 0 atom stereocenters. The topological polar surface area (TPSA) is 0 Å². The minimum absolute atomic E-state index is 0. The number of benzene rings is 1. The number of hydrogen-bond donors (Lipinski definition) is 0. The Morgan fingerprint density at radius 2 is 0.727 bits per heavy atom. The molecule has 1 rings (SSSR count). The molecule has 1 aromatic rings. The summed E-state index contributed by atoms with van der Waals surface area (Å²) in [5.41, 5.74) is 2.69. The Morgan fingerprint density at radius 1 is 0.591 bits per heavy atom. The summed E-state index contributed by atoms with van der Waals surface area (Å²) in [7, 11) is -5.74. The normalized spacial score (nSPS) is 10.6. The predicted octanol–water partition coefficient (Wildman–Crippen LogP) is 6.68. The van der Waals surface area contributed by atoms with Gasteiger partial charge in [-0.15, -0.1) is 0 Å². The maximum Gasteiger partial charge on any atom is 0.673 e. The van der Waals surface area contributed by atoms with Gasteiger partial charge in [0.05, 0.1) is 0 Å². The molecule has 1 aromatic carbocycles. The first-order valence-corrected chi connectivity index (χ1v) is 8.66. The smallest absolute Gasteiger partial charge is 0.418 e. The quantitative estimate of drug-likeness (QED) is 0.239. The van der Waals surface area contributed by atoms with Crippen LogP contribution in [0.3, 0.4) is 0 Å². The Bertz CT molecular complexity index is 280. The van der Waals surface area contributed by atoms with Crippen LogP contribution in [0, 0.1) is 0 Å². The number of halogens is 4. The monoisotopic (exact) mass is 518 g/mol. The van der Waals surface area contributed by atoms with Crippen molar-refractivity contribution >= 4 is 15.2 Å². The van der Waals surface area contributed by atoms with Crippen molar-refractivity contribution in [3.05, 3.63) is 36.4 Å². The third kappa shape index (κ3) is 22.4. The maximum absolute atomic E-state index is 9.75. The second-order valence-electron chi connectivity index (χ2n) is 5.38. The van der Waals surface area contributed by atoms with E-state index in [2.05, 4.69) is 41.5 Å². The summed E-state index contributed by atoms with van der Waals surface area (Å²) in [5, 5.41) is 0. The van der Waals surface area contributed by atoms with E-state index >= 15 is 0 Å². The molecule has 0 spiro atoms. The van der Waals surface area contributed by atoms with E-state index in [1.807, 2.05) is 36.4 Å². The van der Waals surface area contributed by atoms with Crippen LogP contribution >= 0.6 is 7.92 Å². The van der Waals surface area contributed by atoms with Crippen molar-refractivity contribution in [1.82, 2.24) is 0 Å². The molecule has 0 heterocycles. The van der Waals surface area contributed by atoms with Crippen LogP contribution in [0.25, 0.3) is 0 Å². The summed E-state index contributed by atoms with van der Waals surface area (Å²) in [6, 6.07) is 12.0. The second-order valence-corrected chi connectivity index (χ2v) is 9.37. The van der Waals surface area contributed by atoms with Gasteiger partial charge < -0.3 is 17.3 Å². The van der Waals surface area contributed by atoms with E-state index in [1.165, 1.54) is 0 Å². The summed E-state index contributed by atoms with van der Waals surface area (Å²) < 4.78 is 39.0. The third-order valence-electron chi connectivity index (χ3n) is 2.46. The minimum atomic E-state index is -6.00. The van der Waals surface area contributed by atoms with Crippen LogP contribution in [0.5, 0.6) is 0 Å². The van der Waals surface area contributed by atoms with Gasteiger partial charge in [0, 0.05) is 20.1 Å². The molecule has 0 nitrogen and oxygen atoms in total. The molecule has 0 amide bonds. The van der Waals surface area contributed by atoms with E-state index in [9.17, 15) is 17.3 Å². The molecule has 0 bridgehead atoms. The average molecular weight is 517 g/mol. The van der Waals surface area contributed by atoms with Gasteiger partial charge >= 0.3 is 7.25 Å². The van der Waals surface area contributed by atoms with Crippen LogP contribution in [0.15, 0.2) is 36.4 Å². The molecule has 7 heteroatoms. The minimum Gasteiger partial charge on any atom is -0.418 e. The van der Waals surface area contributed by atoms with Crippen molar-refractivity contribution in [2.75, 3.05) is 0 Å². The van der Waals surface area contributed by atoms with Crippen molar-refractivity contribution in [3.63, 3.8) is 0 Å². The van der Waals surface area contributed by atoms with Gasteiger partial charge in [0.1, 0.15) is 0 Å². The van der Waals surface area contributed by atoms with Gasteiger partial charge in [0.25, 0.3) is 0 Å². The van der Waals surface area contributed by atoms with Gasteiger partial charge in [0.15, 0.2) is 0 Å². The van der Waals surface area contributed by atoms with Gasteiger partial charge in [-0.3, -0.25) is 0 Å². The van der Waals surface area contributed by atoms with Crippen LogP contribution in [-0.2, 0) is 20.1 Å². The summed E-state index contributed by atoms with van der Waals surface area (Å²) >= 11 is 0.